The monoisotopic (exact) mass is 368 g/mol. The van der Waals surface area contributed by atoms with E-state index in [2.05, 4.69) is 15.3 Å². The van der Waals surface area contributed by atoms with Gasteiger partial charge in [-0.2, -0.15) is 4.98 Å². The lowest BCUT2D eigenvalue weighted by atomic mass is 9.96. The van der Waals surface area contributed by atoms with Crippen molar-refractivity contribution in [3.63, 3.8) is 0 Å². The number of amides is 1. The van der Waals surface area contributed by atoms with Gasteiger partial charge in [-0.25, -0.2) is 0 Å². The second kappa shape index (κ2) is 7.22. The predicted molar refractivity (Wildman–Crippen MR) is 95.2 cm³/mol. The van der Waals surface area contributed by atoms with Crippen LogP contribution >= 0.6 is 0 Å². The van der Waals surface area contributed by atoms with Gasteiger partial charge >= 0.3 is 0 Å². The molecule has 2 heterocycles. The summed E-state index contributed by atoms with van der Waals surface area (Å²) < 4.78 is 15.8. The first-order valence-corrected chi connectivity index (χ1v) is 8.85. The zero-order valence-electron chi connectivity index (χ0n) is 15.3. The van der Waals surface area contributed by atoms with E-state index in [1.54, 1.807) is 14.2 Å². The van der Waals surface area contributed by atoms with Gasteiger partial charge in [0.25, 0.3) is 5.91 Å². The fourth-order valence-corrected chi connectivity index (χ4v) is 3.18. The molecule has 0 saturated heterocycles. The van der Waals surface area contributed by atoms with Gasteiger partial charge in [0.1, 0.15) is 12.3 Å². The maximum atomic E-state index is 12.7. The topological polar surface area (TPSA) is 94.5 Å². The summed E-state index contributed by atoms with van der Waals surface area (Å²) in [5.74, 6) is 1.66. The molecule has 1 aromatic carbocycles. The summed E-state index contributed by atoms with van der Waals surface area (Å²) in [7, 11) is 3.29. The van der Waals surface area contributed by atoms with Crippen molar-refractivity contribution in [2.24, 2.45) is 0 Å². The fourth-order valence-electron chi connectivity index (χ4n) is 3.18. The normalized spacial score (nSPS) is 13.3. The lowest BCUT2D eigenvalue weighted by Crippen LogP contribution is -2.27. The van der Waals surface area contributed by atoms with Crippen molar-refractivity contribution in [1.82, 2.24) is 20.2 Å². The Bertz CT molecular complexity index is 945. The summed E-state index contributed by atoms with van der Waals surface area (Å²) in [6.07, 6.45) is 3.83. The SMILES string of the molecule is COc1ccc(-c2noc(CN(C)C(=O)c3onc4c3CCCC4)n2)cc1. The first-order chi connectivity index (χ1) is 13.2. The minimum atomic E-state index is -0.227. The third-order valence-corrected chi connectivity index (χ3v) is 4.69. The van der Waals surface area contributed by atoms with Crippen LogP contribution in [0, 0.1) is 0 Å². The number of carbonyl (C=O) groups excluding carboxylic acids is 1. The van der Waals surface area contributed by atoms with Crippen molar-refractivity contribution in [1.29, 1.82) is 0 Å². The van der Waals surface area contributed by atoms with Gasteiger partial charge in [0.2, 0.25) is 17.5 Å². The van der Waals surface area contributed by atoms with Crippen molar-refractivity contribution in [2.45, 2.75) is 32.2 Å². The molecule has 0 radical (unpaired) electrons. The fraction of sp³-hybridized carbons (Fsp3) is 0.368. The number of rotatable bonds is 5. The Kier molecular flexibility index (Phi) is 4.62. The number of aromatic nitrogens is 3. The standard InChI is InChI=1S/C19H20N4O4/c1-23(19(24)17-14-5-3-4-6-15(14)21-27-17)11-16-20-18(22-26-16)12-7-9-13(25-2)10-8-12/h7-10H,3-6,11H2,1-2H3. The number of aryl methyl sites for hydroxylation is 1. The van der Waals surface area contributed by atoms with Crippen LogP contribution in [0.5, 0.6) is 5.75 Å². The second-order valence-electron chi connectivity index (χ2n) is 6.55. The zero-order valence-corrected chi connectivity index (χ0v) is 15.3. The molecule has 140 valence electrons. The maximum Gasteiger partial charge on any atom is 0.292 e. The molecule has 1 aliphatic rings. The summed E-state index contributed by atoms with van der Waals surface area (Å²) in [6, 6.07) is 7.36. The number of hydrogen-bond donors (Lipinski definition) is 0. The van der Waals surface area contributed by atoms with Crippen LogP contribution in [0.1, 0.15) is 40.5 Å². The van der Waals surface area contributed by atoms with Crippen LogP contribution in [0.2, 0.25) is 0 Å². The number of ether oxygens (including phenoxy) is 1. The van der Waals surface area contributed by atoms with Crippen LogP contribution in [-0.4, -0.2) is 40.3 Å². The van der Waals surface area contributed by atoms with E-state index >= 15 is 0 Å². The maximum absolute atomic E-state index is 12.7. The van der Waals surface area contributed by atoms with Crippen molar-refractivity contribution in [3.05, 3.63) is 47.2 Å². The van der Waals surface area contributed by atoms with Crippen molar-refractivity contribution >= 4 is 5.91 Å². The molecule has 0 N–H and O–H groups in total. The molecule has 1 amide bonds. The second-order valence-corrected chi connectivity index (χ2v) is 6.55. The largest absolute Gasteiger partial charge is 0.497 e. The summed E-state index contributed by atoms with van der Waals surface area (Å²) >= 11 is 0. The van der Waals surface area contributed by atoms with E-state index in [0.717, 1.165) is 48.3 Å². The zero-order chi connectivity index (χ0) is 18.8. The van der Waals surface area contributed by atoms with Crippen LogP contribution in [0.3, 0.4) is 0 Å². The van der Waals surface area contributed by atoms with Gasteiger partial charge in [0, 0.05) is 18.2 Å². The first-order valence-electron chi connectivity index (χ1n) is 8.85. The average molecular weight is 368 g/mol. The van der Waals surface area contributed by atoms with Crippen molar-refractivity contribution < 1.29 is 18.6 Å². The Hall–Kier alpha value is -3.16. The van der Waals surface area contributed by atoms with Crippen molar-refractivity contribution in [3.8, 4) is 17.1 Å². The molecule has 0 bridgehead atoms. The van der Waals surface area contributed by atoms with Crippen LogP contribution in [0.15, 0.2) is 33.3 Å². The Morgan fingerprint density at radius 1 is 1.15 bits per heavy atom. The van der Waals surface area contributed by atoms with E-state index < -0.39 is 0 Å². The molecule has 0 fully saturated rings. The summed E-state index contributed by atoms with van der Waals surface area (Å²) in [6.45, 7) is 0.192. The molecule has 2 aromatic heterocycles. The summed E-state index contributed by atoms with van der Waals surface area (Å²) in [4.78, 5) is 18.6. The molecule has 3 aromatic rings. The van der Waals surface area contributed by atoms with E-state index in [9.17, 15) is 4.79 Å². The molecular weight excluding hydrogens is 348 g/mol. The highest BCUT2D eigenvalue weighted by Gasteiger charge is 2.27. The Labute approximate surface area is 156 Å². The molecule has 0 aliphatic heterocycles. The Morgan fingerprint density at radius 2 is 1.93 bits per heavy atom. The number of benzene rings is 1. The highest BCUT2D eigenvalue weighted by molar-refractivity contribution is 5.92. The molecule has 1 aliphatic carbocycles. The Morgan fingerprint density at radius 3 is 2.70 bits per heavy atom. The van der Waals surface area contributed by atoms with Crippen LogP contribution in [0.25, 0.3) is 11.4 Å². The minimum absolute atomic E-state index is 0.192. The molecular formula is C19H20N4O4. The van der Waals surface area contributed by atoms with E-state index in [0.29, 0.717) is 17.5 Å². The molecule has 8 nitrogen and oxygen atoms in total. The molecule has 0 atom stereocenters. The van der Waals surface area contributed by atoms with E-state index in [4.69, 9.17) is 13.8 Å². The van der Waals surface area contributed by atoms with Gasteiger partial charge in [-0.3, -0.25) is 4.79 Å². The summed E-state index contributed by atoms with van der Waals surface area (Å²) in [5, 5.41) is 8.03. The highest BCUT2D eigenvalue weighted by Crippen LogP contribution is 2.25. The third-order valence-electron chi connectivity index (χ3n) is 4.69. The van der Waals surface area contributed by atoms with Gasteiger partial charge in [-0.05, 0) is 49.9 Å². The number of nitrogens with zero attached hydrogens (tertiary/aromatic N) is 4. The smallest absolute Gasteiger partial charge is 0.292 e. The summed E-state index contributed by atoms with van der Waals surface area (Å²) in [5.41, 5.74) is 2.64. The molecule has 4 rings (SSSR count). The molecule has 0 unspecified atom stereocenters. The van der Waals surface area contributed by atoms with Crippen molar-refractivity contribution in [2.75, 3.05) is 14.2 Å². The predicted octanol–water partition coefficient (Wildman–Crippen LogP) is 2.88. The lowest BCUT2D eigenvalue weighted by Gasteiger charge is -2.14. The molecule has 0 saturated carbocycles. The highest BCUT2D eigenvalue weighted by atomic mass is 16.5. The van der Waals surface area contributed by atoms with Crippen LogP contribution in [0.4, 0.5) is 0 Å². The van der Waals surface area contributed by atoms with Gasteiger partial charge in [0.15, 0.2) is 0 Å². The minimum Gasteiger partial charge on any atom is -0.497 e. The van der Waals surface area contributed by atoms with Crippen LogP contribution < -0.4 is 4.74 Å². The average Bonchev–Trinajstić information content (AvgIpc) is 3.34. The van der Waals surface area contributed by atoms with Gasteiger partial charge in [-0.1, -0.05) is 10.3 Å². The van der Waals surface area contributed by atoms with E-state index in [1.165, 1.54) is 4.90 Å². The number of hydrogen-bond acceptors (Lipinski definition) is 7. The molecule has 8 heteroatoms. The Balaban J connectivity index is 1.46. The van der Waals surface area contributed by atoms with E-state index in [1.807, 2.05) is 24.3 Å². The van der Waals surface area contributed by atoms with Gasteiger partial charge < -0.3 is 18.7 Å². The van der Waals surface area contributed by atoms with Crippen LogP contribution in [-0.2, 0) is 19.4 Å². The number of carbonyl (C=O) groups is 1. The number of fused-ring (bicyclic) bond motifs is 1. The lowest BCUT2D eigenvalue weighted by molar-refractivity contribution is 0.0726. The first kappa shape index (κ1) is 17.3. The van der Waals surface area contributed by atoms with Gasteiger partial charge in [0.05, 0.1) is 12.8 Å². The number of methoxy groups -OCH3 is 1. The van der Waals surface area contributed by atoms with Gasteiger partial charge in [-0.15, -0.1) is 0 Å². The van der Waals surface area contributed by atoms with E-state index in [-0.39, 0.29) is 12.5 Å². The molecule has 0 spiro atoms. The quantitative estimate of drug-likeness (QED) is 0.683. The molecule has 27 heavy (non-hydrogen) atoms. The third kappa shape index (κ3) is 3.42.